The third-order valence-electron chi connectivity index (χ3n) is 2.68. The van der Waals surface area contributed by atoms with E-state index in [0.29, 0.717) is 11.7 Å². The van der Waals surface area contributed by atoms with Gasteiger partial charge in [-0.15, -0.1) is 0 Å². The van der Waals surface area contributed by atoms with Gasteiger partial charge in [-0.3, -0.25) is 0 Å². The lowest BCUT2D eigenvalue weighted by molar-refractivity contribution is 0.414. The summed E-state index contributed by atoms with van der Waals surface area (Å²) in [4.78, 5) is 2.24. The third-order valence-corrected chi connectivity index (χ3v) is 3.18. The number of likely N-dealkylation sites (tertiary alicyclic amines) is 1. The number of nitrogens with zero attached hydrogens (tertiary/aromatic N) is 1. The molecule has 1 aliphatic heterocycles. The van der Waals surface area contributed by atoms with E-state index in [1.54, 1.807) is 6.07 Å². The largest absolute Gasteiger partial charge is 0.379 e. The Labute approximate surface area is 97.6 Å². The zero-order valence-corrected chi connectivity index (χ0v) is 10.2. The molecule has 82 valence electrons. The smallest absolute Gasteiger partial charge is 0.147 e. The van der Waals surface area contributed by atoms with Crippen molar-refractivity contribution < 1.29 is 4.39 Å². The Kier molecular flexibility index (Phi) is 3.26. The summed E-state index contributed by atoms with van der Waals surface area (Å²) in [5.74, 6) is -0.195. The van der Waals surface area contributed by atoms with Crippen LogP contribution in [0, 0.1) is 5.82 Å². The maximum atomic E-state index is 13.5. The van der Waals surface area contributed by atoms with Crippen molar-refractivity contribution in [2.75, 3.05) is 25.5 Å². The second kappa shape index (κ2) is 4.49. The highest BCUT2D eigenvalue weighted by Crippen LogP contribution is 2.21. The Morgan fingerprint density at radius 2 is 2.33 bits per heavy atom. The van der Waals surface area contributed by atoms with Gasteiger partial charge in [0.25, 0.3) is 0 Å². The van der Waals surface area contributed by atoms with Gasteiger partial charge < -0.3 is 10.2 Å². The zero-order valence-electron chi connectivity index (χ0n) is 8.63. The van der Waals surface area contributed by atoms with Crippen LogP contribution in [-0.2, 0) is 0 Å². The van der Waals surface area contributed by atoms with Crippen molar-refractivity contribution in [1.82, 2.24) is 4.90 Å². The van der Waals surface area contributed by atoms with Crippen molar-refractivity contribution in [1.29, 1.82) is 0 Å². The summed E-state index contributed by atoms with van der Waals surface area (Å²) in [6, 6.07) is 5.48. The van der Waals surface area contributed by atoms with Crippen molar-refractivity contribution in [2.45, 2.75) is 12.5 Å². The lowest BCUT2D eigenvalue weighted by atomic mass is 10.2. The standard InChI is InChI=1S/C11H14BrFN2/c1-15-5-4-9(7-15)14-11-3-2-8(12)6-10(11)13/h2-3,6,9,14H,4-5,7H2,1H3. The van der Waals surface area contributed by atoms with E-state index >= 15 is 0 Å². The summed E-state index contributed by atoms with van der Waals surface area (Å²) in [6.07, 6.45) is 1.08. The van der Waals surface area contributed by atoms with Crippen LogP contribution in [0.25, 0.3) is 0 Å². The Morgan fingerprint density at radius 1 is 1.53 bits per heavy atom. The molecule has 1 N–H and O–H groups in total. The van der Waals surface area contributed by atoms with E-state index in [4.69, 9.17) is 0 Å². The minimum atomic E-state index is -0.195. The van der Waals surface area contributed by atoms with Gasteiger partial charge in [0.15, 0.2) is 0 Å². The van der Waals surface area contributed by atoms with Crippen molar-refractivity contribution in [3.63, 3.8) is 0 Å². The van der Waals surface area contributed by atoms with E-state index in [1.165, 1.54) is 6.07 Å². The van der Waals surface area contributed by atoms with Crippen LogP contribution in [0.15, 0.2) is 22.7 Å². The molecule has 0 radical (unpaired) electrons. The molecule has 1 atom stereocenters. The van der Waals surface area contributed by atoms with Crippen LogP contribution >= 0.6 is 15.9 Å². The molecule has 1 aliphatic rings. The molecule has 1 saturated heterocycles. The molecule has 0 amide bonds. The second-order valence-corrected chi connectivity index (χ2v) is 4.93. The minimum Gasteiger partial charge on any atom is -0.379 e. The fraction of sp³-hybridized carbons (Fsp3) is 0.455. The summed E-state index contributed by atoms with van der Waals surface area (Å²) >= 11 is 3.24. The molecule has 4 heteroatoms. The molecule has 1 heterocycles. The van der Waals surface area contributed by atoms with Crippen LogP contribution in [-0.4, -0.2) is 31.1 Å². The van der Waals surface area contributed by atoms with E-state index in [9.17, 15) is 4.39 Å². The Bertz CT molecular complexity index is 356. The first-order valence-corrected chi connectivity index (χ1v) is 5.84. The number of hydrogen-bond donors (Lipinski definition) is 1. The van der Waals surface area contributed by atoms with Crippen molar-refractivity contribution in [3.8, 4) is 0 Å². The molecular weight excluding hydrogens is 259 g/mol. The SMILES string of the molecule is CN1CCC(Nc2ccc(Br)cc2F)C1. The Hall–Kier alpha value is -0.610. The lowest BCUT2D eigenvalue weighted by Gasteiger charge is -2.14. The van der Waals surface area contributed by atoms with Gasteiger partial charge in [-0.1, -0.05) is 15.9 Å². The van der Waals surface area contributed by atoms with Crippen molar-refractivity contribution >= 4 is 21.6 Å². The van der Waals surface area contributed by atoms with Gasteiger partial charge >= 0.3 is 0 Å². The van der Waals surface area contributed by atoms with Gasteiger partial charge in [-0.2, -0.15) is 0 Å². The molecule has 0 aromatic heterocycles. The topological polar surface area (TPSA) is 15.3 Å². The highest BCUT2D eigenvalue weighted by molar-refractivity contribution is 9.10. The molecule has 2 rings (SSSR count). The van der Waals surface area contributed by atoms with Gasteiger partial charge in [0.2, 0.25) is 0 Å². The molecular formula is C11H14BrFN2. The van der Waals surface area contributed by atoms with E-state index in [1.807, 2.05) is 6.07 Å². The molecule has 1 unspecified atom stereocenters. The molecule has 1 aromatic rings. The van der Waals surface area contributed by atoms with E-state index < -0.39 is 0 Å². The summed E-state index contributed by atoms with van der Waals surface area (Å²) < 4.78 is 14.3. The molecule has 1 aromatic carbocycles. The Balaban J connectivity index is 2.04. The molecule has 2 nitrogen and oxygen atoms in total. The van der Waals surface area contributed by atoms with Crippen LogP contribution in [0.3, 0.4) is 0 Å². The van der Waals surface area contributed by atoms with Gasteiger partial charge in [-0.05, 0) is 38.2 Å². The lowest BCUT2D eigenvalue weighted by Crippen LogP contribution is -2.23. The maximum Gasteiger partial charge on any atom is 0.147 e. The first kappa shape index (κ1) is 10.9. The first-order valence-electron chi connectivity index (χ1n) is 5.05. The number of nitrogens with one attached hydrogen (secondary N) is 1. The van der Waals surface area contributed by atoms with Gasteiger partial charge in [-0.25, -0.2) is 4.39 Å². The number of likely N-dealkylation sites (N-methyl/N-ethyl adjacent to an activating group) is 1. The van der Waals surface area contributed by atoms with Gasteiger partial charge in [0, 0.05) is 17.1 Å². The Morgan fingerprint density at radius 3 is 2.93 bits per heavy atom. The van der Waals surface area contributed by atoms with Crippen molar-refractivity contribution in [3.05, 3.63) is 28.5 Å². The highest BCUT2D eigenvalue weighted by atomic mass is 79.9. The third kappa shape index (κ3) is 2.69. The van der Waals surface area contributed by atoms with Crippen LogP contribution in [0.1, 0.15) is 6.42 Å². The zero-order chi connectivity index (χ0) is 10.8. The summed E-state index contributed by atoms with van der Waals surface area (Å²) in [7, 11) is 2.08. The quantitative estimate of drug-likeness (QED) is 0.891. The molecule has 15 heavy (non-hydrogen) atoms. The summed E-state index contributed by atoms with van der Waals surface area (Å²) in [6.45, 7) is 2.06. The average Bonchev–Trinajstić information content (AvgIpc) is 2.56. The first-order chi connectivity index (χ1) is 7.15. The predicted molar refractivity (Wildman–Crippen MR) is 63.6 cm³/mol. The van der Waals surface area contributed by atoms with E-state index in [-0.39, 0.29) is 5.82 Å². The van der Waals surface area contributed by atoms with Crippen LogP contribution in [0.2, 0.25) is 0 Å². The summed E-state index contributed by atoms with van der Waals surface area (Å²) in [5.41, 5.74) is 0.596. The van der Waals surface area contributed by atoms with Gasteiger partial charge in [0.1, 0.15) is 5.82 Å². The monoisotopic (exact) mass is 272 g/mol. The molecule has 0 aliphatic carbocycles. The second-order valence-electron chi connectivity index (χ2n) is 4.02. The average molecular weight is 273 g/mol. The molecule has 0 saturated carbocycles. The number of hydrogen-bond acceptors (Lipinski definition) is 2. The number of anilines is 1. The van der Waals surface area contributed by atoms with Crippen LogP contribution < -0.4 is 5.32 Å². The maximum absolute atomic E-state index is 13.5. The number of rotatable bonds is 2. The van der Waals surface area contributed by atoms with Crippen molar-refractivity contribution in [2.24, 2.45) is 0 Å². The molecule has 0 spiro atoms. The van der Waals surface area contributed by atoms with Gasteiger partial charge in [0.05, 0.1) is 5.69 Å². The highest BCUT2D eigenvalue weighted by Gasteiger charge is 2.19. The van der Waals surface area contributed by atoms with E-state index in [2.05, 4.69) is 33.2 Å². The minimum absolute atomic E-state index is 0.195. The molecule has 1 fully saturated rings. The number of halogens is 2. The van der Waals surface area contributed by atoms with Crippen LogP contribution in [0.4, 0.5) is 10.1 Å². The van der Waals surface area contributed by atoms with Crippen LogP contribution in [0.5, 0.6) is 0 Å². The normalized spacial score (nSPS) is 21.9. The molecule has 0 bridgehead atoms. The predicted octanol–water partition coefficient (Wildman–Crippen LogP) is 2.70. The number of benzene rings is 1. The fourth-order valence-corrected chi connectivity index (χ4v) is 2.21. The fourth-order valence-electron chi connectivity index (χ4n) is 1.88. The summed E-state index contributed by atoms with van der Waals surface area (Å²) in [5, 5.41) is 3.23. The van der Waals surface area contributed by atoms with E-state index in [0.717, 1.165) is 24.0 Å².